The van der Waals surface area contributed by atoms with E-state index in [1.165, 1.54) is 0 Å². The van der Waals surface area contributed by atoms with Crippen LogP contribution in [-0.2, 0) is 24.6 Å². The molecular formula is C33H52N8O5. The van der Waals surface area contributed by atoms with Crippen LogP contribution in [0.5, 0.6) is 0 Å². The molecule has 6 aliphatic carbocycles. The second-order valence-corrected chi connectivity index (χ2v) is 17.1. The Labute approximate surface area is 269 Å². The minimum Gasteiger partial charge on any atom is -0.467 e. The van der Waals surface area contributed by atoms with E-state index in [9.17, 15) is 9.59 Å². The molecule has 2 spiro atoms. The molecule has 46 heavy (non-hydrogen) atoms. The molecule has 12 atom stereocenters. The monoisotopic (exact) mass is 640 g/mol. The Bertz CT molecular complexity index is 1570. The predicted molar refractivity (Wildman–Crippen MR) is 169 cm³/mol. The average Bonchev–Trinajstić information content (AvgIpc) is 3.57. The van der Waals surface area contributed by atoms with Crippen molar-refractivity contribution in [2.45, 2.75) is 165 Å². The van der Waals surface area contributed by atoms with Crippen molar-refractivity contribution in [3.63, 3.8) is 0 Å². The molecule has 10 fully saturated rings. The van der Waals surface area contributed by atoms with Gasteiger partial charge in [0.25, 0.3) is 0 Å². The number of hydrogen-bond acceptors (Lipinski definition) is 13. The van der Waals surface area contributed by atoms with Crippen LogP contribution in [0.2, 0.25) is 0 Å². The van der Waals surface area contributed by atoms with E-state index in [4.69, 9.17) is 59.8 Å². The molecule has 13 heteroatoms. The molecule has 254 valence electrons. The number of fused-ring (bicyclic) bond motifs is 2. The minimum atomic E-state index is -1.45. The fourth-order valence-electron chi connectivity index (χ4n) is 12.8. The summed E-state index contributed by atoms with van der Waals surface area (Å²) in [5, 5.41) is 0. The number of nitrogens with two attached hydrogens (primary N) is 8. The van der Waals surface area contributed by atoms with E-state index < -0.39 is 66.7 Å². The highest BCUT2D eigenvalue weighted by atomic mass is 16.5. The van der Waals surface area contributed by atoms with Gasteiger partial charge in [0.05, 0.1) is 39.6 Å². The van der Waals surface area contributed by atoms with Crippen LogP contribution in [0.25, 0.3) is 0 Å². The van der Waals surface area contributed by atoms with E-state index in [1.54, 1.807) is 18.4 Å². The minimum absolute atomic E-state index is 0.0316. The summed E-state index contributed by atoms with van der Waals surface area (Å²) in [5.41, 5.74) is 42.4. The molecule has 11 rings (SSSR count). The van der Waals surface area contributed by atoms with Crippen LogP contribution in [0.3, 0.4) is 0 Å². The van der Waals surface area contributed by atoms with Gasteiger partial charge in [-0.3, -0.25) is 9.59 Å². The number of ketones is 2. The lowest BCUT2D eigenvalue weighted by Gasteiger charge is -2.72. The van der Waals surface area contributed by atoms with E-state index in [-0.39, 0.29) is 30.8 Å². The maximum atomic E-state index is 13.3. The molecule has 0 radical (unpaired) electrons. The highest BCUT2D eigenvalue weighted by Gasteiger charge is 2.92. The van der Waals surface area contributed by atoms with Crippen LogP contribution in [0, 0.1) is 0 Å². The van der Waals surface area contributed by atoms with Crippen LogP contribution < -0.4 is 45.9 Å². The van der Waals surface area contributed by atoms with Gasteiger partial charge in [-0.15, -0.1) is 0 Å². The fourth-order valence-corrected chi connectivity index (χ4v) is 12.8. The second-order valence-electron chi connectivity index (χ2n) is 17.1. The molecule has 0 amide bonds. The SMILES string of the molecule is CC1(N)C[C@]2(N)C3(N)CCCCC34CC(=O)C2(N)C1(C)O4.CC12OC34CCCCC3(N)C(N)(CC1(N)c1ccco1)C2(N)C(=O)C4. The van der Waals surface area contributed by atoms with Gasteiger partial charge in [0.2, 0.25) is 0 Å². The Morgan fingerprint density at radius 3 is 1.57 bits per heavy atom. The zero-order valence-electron chi connectivity index (χ0n) is 27.4. The zero-order chi connectivity index (χ0) is 33.5. The van der Waals surface area contributed by atoms with Crippen molar-refractivity contribution in [2.75, 3.05) is 0 Å². The molecular weight excluding hydrogens is 588 g/mol. The third-order valence-corrected chi connectivity index (χ3v) is 15.6. The molecule has 8 bridgehead atoms. The fraction of sp³-hybridized carbons (Fsp3) is 0.818. The van der Waals surface area contributed by atoms with Gasteiger partial charge in [-0.2, -0.15) is 0 Å². The van der Waals surface area contributed by atoms with Crippen molar-refractivity contribution >= 4 is 11.6 Å². The van der Waals surface area contributed by atoms with Crippen molar-refractivity contribution in [1.29, 1.82) is 0 Å². The summed E-state index contributed by atoms with van der Waals surface area (Å²) >= 11 is 0. The van der Waals surface area contributed by atoms with Crippen LogP contribution in [-0.4, -0.2) is 72.7 Å². The number of furan rings is 1. The van der Waals surface area contributed by atoms with Gasteiger partial charge in [-0.05, 0) is 71.4 Å². The van der Waals surface area contributed by atoms with Crippen molar-refractivity contribution in [2.24, 2.45) is 45.9 Å². The highest BCUT2D eigenvalue weighted by molar-refractivity contribution is 5.98. The quantitative estimate of drug-likeness (QED) is 0.188. The van der Waals surface area contributed by atoms with Gasteiger partial charge in [-0.25, -0.2) is 0 Å². The first-order chi connectivity index (χ1) is 21.1. The molecule has 4 aliphatic heterocycles. The predicted octanol–water partition coefficient (Wildman–Crippen LogP) is -0.721. The summed E-state index contributed by atoms with van der Waals surface area (Å²) < 4.78 is 18.9. The van der Waals surface area contributed by atoms with Crippen LogP contribution >= 0.6 is 0 Å². The smallest absolute Gasteiger partial charge is 0.160 e. The molecule has 4 saturated heterocycles. The van der Waals surface area contributed by atoms with Crippen LogP contribution in [0.15, 0.2) is 22.8 Å². The molecule has 5 heterocycles. The van der Waals surface area contributed by atoms with Gasteiger partial charge < -0.3 is 59.8 Å². The summed E-state index contributed by atoms with van der Waals surface area (Å²) in [6.07, 6.45) is 9.47. The lowest BCUT2D eigenvalue weighted by Crippen LogP contribution is -2.97. The summed E-state index contributed by atoms with van der Waals surface area (Å²) in [5.74, 6) is 0.408. The van der Waals surface area contributed by atoms with Gasteiger partial charge in [0.1, 0.15) is 33.6 Å². The first-order valence-electron chi connectivity index (χ1n) is 16.9. The first kappa shape index (κ1) is 31.5. The molecule has 6 saturated carbocycles. The van der Waals surface area contributed by atoms with Crippen LogP contribution in [0.4, 0.5) is 0 Å². The van der Waals surface area contributed by atoms with E-state index in [0.717, 1.165) is 38.5 Å². The number of rotatable bonds is 1. The molecule has 1 aromatic heterocycles. The third-order valence-electron chi connectivity index (χ3n) is 15.6. The molecule has 1 aromatic rings. The Kier molecular flexibility index (Phi) is 5.58. The summed E-state index contributed by atoms with van der Waals surface area (Å²) in [4.78, 5) is 26.2. The Balaban J connectivity index is 0.000000138. The molecule has 0 aromatic carbocycles. The topological polar surface area (TPSA) is 274 Å². The van der Waals surface area contributed by atoms with Gasteiger partial charge >= 0.3 is 0 Å². The molecule has 16 N–H and O–H groups in total. The van der Waals surface area contributed by atoms with E-state index in [1.807, 2.05) is 20.8 Å². The number of hydrogen-bond donors (Lipinski definition) is 8. The summed E-state index contributed by atoms with van der Waals surface area (Å²) in [6.45, 7) is 5.56. The van der Waals surface area contributed by atoms with E-state index in [0.29, 0.717) is 25.0 Å². The number of carbonyl (C=O) groups excluding carboxylic acids is 2. The maximum Gasteiger partial charge on any atom is 0.160 e. The normalized spacial score (nSPS) is 60.8. The standard InChI is InChI=1S/C18H26N4O3.C15H26N4O2/c1-13-15(19,12-5-4-8-24-12)10-17(21)16(20)7-3-2-6-14(16,25-13)9-11(23)18(13,17)22;1-10(16)8-14(18)13(17)6-4-3-5-12(13)7-9(20)15(14,19)11(10,2)21-12/h4-5,8H,2-3,6-7,9-10,19-22H2,1H3;3-8,16-19H2,1-2H3/t;10?,11?,12?,13?,14-,15?/m.0/s1. The van der Waals surface area contributed by atoms with Crippen molar-refractivity contribution in [3.05, 3.63) is 24.2 Å². The van der Waals surface area contributed by atoms with Crippen molar-refractivity contribution in [1.82, 2.24) is 0 Å². The summed E-state index contributed by atoms with van der Waals surface area (Å²) in [6, 6.07) is 3.57. The molecule has 13 nitrogen and oxygen atoms in total. The maximum absolute atomic E-state index is 13.3. The third kappa shape index (κ3) is 2.63. The number of carbonyl (C=O) groups is 2. The Morgan fingerprint density at radius 2 is 1.07 bits per heavy atom. The zero-order valence-corrected chi connectivity index (χ0v) is 27.4. The molecule has 11 unspecified atom stereocenters. The van der Waals surface area contributed by atoms with Crippen LogP contribution in [0.1, 0.15) is 104 Å². The largest absolute Gasteiger partial charge is 0.467 e. The van der Waals surface area contributed by atoms with Crippen molar-refractivity contribution < 1.29 is 23.5 Å². The molecule has 10 aliphatic rings. The second kappa shape index (κ2) is 8.15. The van der Waals surface area contributed by atoms with E-state index in [2.05, 4.69) is 0 Å². The number of ether oxygens (including phenoxy) is 2. The van der Waals surface area contributed by atoms with Gasteiger partial charge in [0, 0.05) is 18.4 Å². The van der Waals surface area contributed by atoms with Gasteiger partial charge in [-0.1, -0.05) is 25.7 Å². The lowest BCUT2D eigenvalue weighted by atomic mass is 9.45. The van der Waals surface area contributed by atoms with Gasteiger partial charge in [0.15, 0.2) is 11.6 Å². The van der Waals surface area contributed by atoms with E-state index >= 15 is 0 Å². The first-order valence-corrected chi connectivity index (χ1v) is 16.9. The Morgan fingerprint density at radius 1 is 0.609 bits per heavy atom. The summed E-state index contributed by atoms with van der Waals surface area (Å²) in [7, 11) is 0. The Hall–Kier alpha value is -1.78. The number of Topliss-reactive ketones (excluding diaryl/α,β-unsaturated/α-hetero) is 2. The van der Waals surface area contributed by atoms with Crippen molar-refractivity contribution in [3.8, 4) is 0 Å². The highest BCUT2D eigenvalue weighted by Crippen LogP contribution is 2.72. The average molecular weight is 641 g/mol. The lowest BCUT2D eigenvalue weighted by molar-refractivity contribution is -0.293.